The van der Waals surface area contributed by atoms with Gasteiger partial charge in [-0.1, -0.05) is 44.2 Å². The molecule has 0 aromatic heterocycles. The van der Waals surface area contributed by atoms with Gasteiger partial charge in [-0.25, -0.2) is 0 Å². The molecule has 0 amide bonds. The zero-order valence-corrected chi connectivity index (χ0v) is 18.5. The zero-order chi connectivity index (χ0) is 20.2. The number of benzene rings is 1. The van der Waals surface area contributed by atoms with Crippen LogP contribution < -0.4 is 0 Å². The van der Waals surface area contributed by atoms with E-state index in [-0.39, 0.29) is 17.5 Å². The van der Waals surface area contributed by atoms with Crippen LogP contribution in [0.3, 0.4) is 0 Å². The van der Waals surface area contributed by atoms with Gasteiger partial charge >= 0.3 is 5.97 Å². The van der Waals surface area contributed by atoms with Crippen LogP contribution >= 0.6 is 0 Å². The Morgan fingerprint density at radius 1 is 0.897 bits per heavy atom. The largest absolute Gasteiger partial charge is 0.462 e. The molecule has 2 nitrogen and oxygen atoms in total. The van der Waals surface area contributed by atoms with Crippen molar-refractivity contribution in [3.63, 3.8) is 0 Å². The van der Waals surface area contributed by atoms with Gasteiger partial charge < -0.3 is 4.74 Å². The van der Waals surface area contributed by atoms with Crippen LogP contribution in [0.25, 0.3) is 0 Å². The molecule has 0 N–H and O–H groups in total. The van der Waals surface area contributed by atoms with Crippen molar-refractivity contribution in [2.45, 2.75) is 90.6 Å². The van der Waals surface area contributed by atoms with Crippen molar-refractivity contribution in [3.05, 3.63) is 35.9 Å². The highest BCUT2D eigenvalue weighted by Gasteiger charge is 2.61. The number of carbonyl (C=O) groups excluding carboxylic acids is 1. The summed E-state index contributed by atoms with van der Waals surface area (Å²) in [7, 11) is 0. The summed E-state index contributed by atoms with van der Waals surface area (Å²) in [6.45, 7) is 6.67. The highest BCUT2D eigenvalue weighted by atomic mass is 16.5. The summed E-state index contributed by atoms with van der Waals surface area (Å²) >= 11 is 0. The fourth-order valence-corrected chi connectivity index (χ4v) is 8.63. The SMILES string of the molecule is CC(=O)O[C@H]1CCC2C3CC[C@H]4C[C@@H](c5ccccc5)CC[C@]4(C)C3CC[C@@]21C. The average molecular weight is 395 g/mol. The predicted molar refractivity (Wildman–Crippen MR) is 116 cm³/mol. The highest BCUT2D eigenvalue weighted by molar-refractivity contribution is 5.66. The zero-order valence-electron chi connectivity index (χ0n) is 18.5. The first-order chi connectivity index (χ1) is 13.9. The second kappa shape index (κ2) is 7.13. The number of hydrogen-bond acceptors (Lipinski definition) is 2. The normalized spacial score (nSPS) is 46.3. The van der Waals surface area contributed by atoms with Crippen LogP contribution in [0.5, 0.6) is 0 Å². The third-order valence-electron chi connectivity index (χ3n) is 10.2. The molecule has 29 heavy (non-hydrogen) atoms. The molecule has 4 fully saturated rings. The Labute approximate surface area is 176 Å². The third kappa shape index (κ3) is 3.08. The predicted octanol–water partition coefficient (Wildman–Crippen LogP) is 6.74. The van der Waals surface area contributed by atoms with Crippen molar-refractivity contribution in [1.82, 2.24) is 0 Å². The van der Waals surface area contributed by atoms with Gasteiger partial charge in [-0.2, -0.15) is 0 Å². The van der Waals surface area contributed by atoms with E-state index in [0.29, 0.717) is 5.41 Å². The fourth-order valence-electron chi connectivity index (χ4n) is 8.63. The van der Waals surface area contributed by atoms with Crippen molar-refractivity contribution in [1.29, 1.82) is 0 Å². The monoisotopic (exact) mass is 394 g/mol. The molecule has 4 aliphatic carbocycles. The van der Waals surface area contributed by atoms with E-state index in [4.69, 9.17) is 4.74 Å². The van der Waals surface area contributed by atoms with Crippen LogP contribution in [-0.2, 0) is 9.53 Å². The topological polar surface area (TPSA) is 26.3 Å². The van der Waals surface area contributed by atoms with Gasteiger partial charge in [-0.15, -0.1) is 0 Å². The Bertz CT molecular complexity index is 757. The Morgan fingerprint density at radius 3 is 2.38 bits per heavy atom. The standard InChI is InChI=1S/C27H38O2/c1-18(28)29-25-12-11-23-22-10-9-21-17-20(19-7-5-4-6-8-19)13-15-26(21,2)24(22)14-16-27(23,25)3/h4-8,20-25H,9-17H2,1-3H3/t20-,21-,22?,23?,24?,25-,26-,27-/m0/s1. The second-order valence-electron chi connectivity index (χ2n) is 11.3. The minimum atomic E-state index is -0.0890. The summed E-state index contributed by atoms with van der Waals surface area (Å²) in [5, 5.41) is 0. The highest BCUT2D eigenvalue weighted by Crippen LogP contribution is 2.67. The van der Waals surface area contributed by atoms with Crippen molar-refractivity contribution in [2.75, 3.05) is 0 Å². The summed E-state index contributed by atoms with van der Waals surface area (Å²) in [6, 6.07) is 11.3. The molecule has 2 heteroatoms. The summed E-state index contributed by atoms with van der Waals surface area (Å²) in [5.74, 6) is 4.05. The van der Waals surface area contributed by atoms with Gasteiger partial charge in [0.25, 0.3) is 0 Å². The molecule has 1 aromatic rings. The van der Waals surface area contributed by atoms with Gasteiger partial charge in [0, 0.05) is 12.3 Å². The number of carbonyl (C=O) groups is 1. The molecule has 0 aliphatic heterocycles. The van der Waals surface area contributed by atoms with Gasteiger partial charge in [-0.3, -0.25) is 4.79 Å². The lowest BCUT2D eigenvalue weighted by molar-refractivity contribution is -0.161. The molecule has 0 bridgehead atoms. The van der Waals surface area contributed by atoms with Crippen molar-refractivity contribution in [2.24, 2.45) is 34.5 Å². The van der Waals surface area contributed by atoms with Crippen molar-refractivity contribution in [3.8, 4) is 0 Å². The Balaban J connectivity index is 1.35. The molecular weight excluding hydrogens is 356 g/mol. The maximum Gasteiger partial charge on any atom is 0.302 e. The number of rotatable bonds is 2. The number of ether oxygens (including phenoxy) is 1. The second-order valence-corrected chi connectivity index (χ2v) is 11.3. The van der Waals surface area contributed by atoms with E-state index in [1.165, 1.54) is 51.4 Å². The van der Waals surface area contributed by atoms with E-state index in [1.54, 1.807) is 12.5 Å². The Kier molecular flexibility index (Phi) is 4.83. The molecule has 0 saturated heterocycles. The summed E-state index contributed by atoms with van der Waals surface area (Å²) in [4.78, 5) is 11.7. The van der Waals surface area contributed by atoms with E-state index in [2.05, 4.69) is 44.2 Å². The lowest BCUT2D eigenvalue weighted by Crippen LogP contribution is -2.54. The van der Waals surface area contributed by atoms with Gasteiger partial charge in [0.2, 0.25) is 0 Å². The quantitative estimate of drug-likeness (QED) is 0.519. The van der Waals surface area contributed by atoms with Gasteiger partial charge in [0.1, 0.15) is 6.10 Å². The Morgan fingerprint density at radius 2 is 1.62 bits per heavy atom. The molecule has 0 spiro atoms. The van der Waals surface area contributed by atoms with Crippen LogP contribution in [0, 0.1) is 34.5 Å². The lowest BCUT2D eigenvalue weighted by atomic mass is 9.44. The minimum absolute atomic E-state index is 0.0890. The number of esters is 1. The first-order valence-corrected chi connectivity index (χ1v) is 12.1. The van der Waals surface area contributed by atoms with Crippen LogP contribution in [0.1, 0.15) is 90.0 Å². The van der Waals surface area contributed by atoms with Crippen LogP contribution in [0.15, 0.2) is 30.3 Å². The molecule has 4 saturated carbocycles. The van der Waals surface area contributed by atoms with E-state index < -0.39 is 0 Å². The summed E-state index contributed by atoms with van der Waals surface area (Å²) < 4.78 is 5.82. The third-order valence-corrected chi connectivity index (χ3v) is 10.2. The van der Waals surface area contributed by atoms with Gasteiger partial charge in [0.05, 0.1) is 0 Å². The smallest absolute Gasteiger partial charge is 0.302 e. The number of fused-ring (bicyclic) bond motifs is 5. The molecule has 0 heterocycles. The fraction of sp³-hybridized carbons (Fsp3) is 0.741. The van der Waals surface area contributed by atoms with Crippen LogP contribution in [0.2, 0.25) is 0 Å². The maximum absolute atomic E-state index is 11.7. The van der Waals surface area contributed by atoms with Crippen LogP contribution in [0.4, 0.5) is 0 Å². The minimum Gasteiger partial charge on any atom is -0.462 e. The molecule has 4 aliphatic rings. The van der Waals surface area contributed by atoms with E-state index in [1.807, 2.05) is 0 Å². The summed E-state index contributed by atoms with van der Waals surface area (Å²) in [6.07, 6.45) is 12.1. The maximum atomic E-state index is 11.7. The molecule has 8 atom stereocenters. The molecule has 3 unspecified atom stereocenters. The van der Waals surface area contributed by atoms with Gasteiger partial charge in [-0.05, 0) is 98.4 Å². The number of hydrogen-bond donors (Lipinski definition) is 0. The molecule has 1 aromatic carbocycles. The molecular formula is C27H38O2. The van der Waals surface area contributed by atoms with E-state index in [9.17, 15) is 4.79 Å². The Hall–Kier alpha value is -1.31. The molecule has 5 rings (SSSR count). The van der Waals surface area contributed by atoms with Crippen LogP contribution in [-0.4, -0.2) is 12.1 Å². The summed E-state index contributed by atoms with van der Waals surface area (Å²) in [5.41, 5.74) is 2.31. The van der Waals surface area contributed by atoms with Crippen molar-refractivity contribution < 1.29 is 9.53 Å². The first-order valence-electron chi connectivity index (χ1n) is 12.1. The van der Waals surface area contributed by atoms with E-state index in [0.717, 1.165) is 36.0 Å². The van der Waals surface area contributed by atoms with Gasteiger partial charge in [0.15, 0.2) is 0 Å². The lowest BCUT2D eigenvalue weighted by Gasteiger charge is -2.61. The first kappa shape index (κ1) is 19.6. The molecule has 158 valence electrons. The van der Waals surface area contributed by atoms with Crippen molar-refractivity contribution >= 4 is 5.97 Å². The average Bonchev–Trinajstić information content (AvgIpc) is 3.04. The molecule has 0 radical (unpaired) electrons. The van der Waals surface area contributed by atoms with E-state index >= 15 is 0 Å².